The summed E-state index contributed by atoms with van der Waals surface area (Å²) in [6.07, 6.45) is 13.0. The van der Waals surface area contributed by atoms with Gasteiger partial charge in [-0.3, -0.25) is 0 Å². The fourth-order valence-electron chi connectivity index (χ4n) is 16.6. The SMILES string of the molecule is COC(=O)c1cccc(Cc2c(N3CCOCC3)nn3cc(Br)ccc23)n1.COC(=O)c1cccc(Cc2c(N3CCOCC3)nn3cc(C)ccc23)n1.COC(=O)c1cccc(Cc2c(N3CCOCC3)nn3cc(C)ccc23)n1.COC(=O)c1cccc(Cc2c(N3CCOCC3)nn3cc(C)ccc23)n1.COC(=O)c1cccc(Cc2c(N3CCOCC3)nn3cc(I)ccc23)n1. The van der Waals surface area contributed by atoms with Crippen molar-refractivity contribution >= 4 is 125 Å². The number of nitrogens with zero attached hydrogens (tertiary/aromatic N) is 20. The van der Waals surface area contributed by atoms with Gasteiger partial charge in [-0.1, -0.05) is 48.5 Å². The maximum Gasteiger partial charge on any atom is 0.356 e. The molecule has 0 saturated carbocycles. The summed E-state index contributed by atoms with van der Waals surface area (Å²) in [6.45, 7) is 21.2. The average Bonchev–Trinajstić information content (AvgIpc) is 1.65. The fraction of sp³-hybridized carbons (Fsp3) is 0.337. The third kappa shape index (κ3) is 23.0. The molecule has 37 heteroatoms. The van der Waals surface area contributed by atoms with Gasteiger partial charge in [0.15, 0.2) is 29.1 Å². The molecule has 0 aliphatic carbocycles. The summed E-state index contributed by atoms with van der Waals surface area (Å²) >= 11 is 5.79. The zero-order valence-electron chi connectivity index (χ0n) is 76.3. The number of hydrogen-bond acceptors (Lipinski definition) is 30. The zero-order valence-corrected chi connectivity index (χ0v) is 80.1. The second kappa shape index (κ2) is 44.6. The monoisotopic (exact) mass is 2010 g/mol. The number of carbonyl (C=O) groups excluding carboxylic acids is 5. The van der Waals surface area contributed by atoms with E-state index < -0.39 is 29.8 Å². The van der Waals surface area contributed by atoms with E-state index in [4.69, 9.17) is 72.9 Å². The van der Waals surface area contributed by atoms with Gasteiger partial charge in [0.1, 0.15) is 28.5 Å². The summed E-state index contributed by atoms with van der Waals surface area (Å²) in [5.41, 5.74) is 19.7. The van der Waals surface area contributed by atoms with Crippen LogP contribution in [0.15, 0.2) is 187 Å². The van der Waals surface area contributed by atoms with Crippen LogP contribution >= 0.6 is 38.5 Å². The van der Waals surface area contributed by atoms with Crippen molar-refractivity contribution in [2.24, 2.45) is 0 Å². The van der Waals surface area contributed by atoms with Crippen molar-refractivity contribution in [3.63, 3.8) is 0 Å². The van der Waals surface area contributed by atoms with Crippen molar-refractivity contribution in [3.8, 4) is 0 Å². The third-order valence-corrected chi connectivity index (χ3v) is 24.4. The predicted molar refractivity (Wildman–Crippen MR) is 518 cm³/mol. The van der Waals surface area contributed by atoms with Crippen LogP contribution in [0, 0.1) is 24.3 Å². The first kappa shape index (κ1) is 94.7. The number of rotatable bonds is 20. The van der Waals surface area contributed by atoms with Crippen molar-refractivity contribution in [2.45, 2.75) is 52.9 Å². The molecule has 20 rings (SSSR count). The van der Waals surface area contributed by atoms with E-state index in [0.29, 0.717) is 127 Å². The average molecular weight is 2010 g/mol. The Morgan fingerprint density at radius 2 is 0.496 bits per heavy atom. The number of morpholine rings is 5. The Morgan fingerprint density at radius 1 is 0.289 bits per heavy atom. The molecule has 15 aromatic rings. The summed E-state index contributed by atoms with van der Waals surface area (Å²) < 4.78 is 63.0. The van der Waals surface area contributed by atoms with Gasteiger partial charge in [0.25, 0.3) is 0 Å². The number of methoxy groups -OCH3 is 5. The molecular weight excluding hydrogens is 1900 g/mol. The number of halogens is 2. The molecular formula is C98H104BrIN20O15. The largest absolute Gasteiger partial charge is 0.464 e. The fourth-order valence-corrected chi connectivity index (χ4v) is 17.3. The molecule has 0 radical (unpaired) electrons. The van der Waals surface area contributed by atoms with E-state index in [2.05, 4.69) is 157 Å². The molecule has 700 valence electrons. The topological polar surface area (TPSA) is 345 Å². The van der Waals surface area contributed by atoms with Crippen LogP contribution in [0.4, 0.5) is 29.1 Å². The van der Waals surface area contributed by atoms with E-state index in [1.165, 1.54) is 35.5 Å². The summed E-state index contributed by atoms with van der Waals surface area (Å²) in [5, 5.41) is 24.1. The number of anilines is 5. The Morgan fingerprint density at radius 3 is 0.726 bits per heavy atom. The molecule has 0 unspecified atom stereocenters. The highest BCUT2D eigenvalue weighted by molar-refractivity contribution is 14.1. The van der Waals surface area contributed by atoms with Crippen molar-refractivity contribution in [3.05, 3.63) is 292 Å². The Bertz CT molecular complexity index is 5820. The number of pyridine rings is 10. The lowest BCUT2D eigenvalue weighted by molar-refractivity contribution is 0.0585. The molecule has 0 atom stereocenters. The van der Waals surface area contributed by atoms with Crippen molar-refractivity contribution < 1.29 is 71.3 Å². The van der Waals surface area contributed by atoms with Gasteiger partial charge in [0, 0.05) is 193 Å². The highest BCUT2D eigenvalue weighted by Gasteiger charge is 2.30. The Balaban J connectivity index is 0.000000123. The van der Waals surface area contributed by atoms with E-state index in [1.54, 1.807) is 30.3 Å². The first-order valence-corrected chi connectivity index (χ1v) is 46.3. The minimum atomic E-state index is -0.436. The van der Waals surface area contributed by atoms with E-state index in [0.717, 1.165) is 203 Å². The number of esters is 5. The quantitative estimate of drug-likeness (QED) is 0.0388. The van der Waals surface area contributed by atoms with Gasteiger partial charge in [0.05, 0.1) is 129 Å². The van der Waals surface area contributed by atoms with Crippen LogP contribution in [0.25, 0.3) is 27.6 Å². The normalized spacial score (nSPS) is 14.5. The van der Waals surface area contributed by atoms with E-state index in [1.807, 2.05) is 126 Å². The Kier molecular flexibility index (Phi) is 31.3. The van der Waals surface area contributed by atoms with Gasteiger partial charge in [-0.2, -0.15) is 0 Å². The van der Waals surface area contributed by atoms with Crippen LogP contribution in [-0.4, -0.2) is 270 Å². The number of aryl methyl sites for hydroxylation is 3. The molecule has 5 aliphatic rings. The van der Waals surface area contributed by atoms with Crippen molar-refractivity contribution in [1.29, 1.82) is 0 Å². The first-order valence-electron chi connectivity index (χ1n) is 44.4. The standard InChI is InChI=1S/3C20H22N4O3.C19H19BrN4O3.C19H19IN4O3/c3*1-14-6-7-18-16(12-15-4-3-5-17(21-15)20(25)26-2)19(22-24(18)13-14)23-8-10-27-11-9-23;2*1-26-19(25)16-4-2-3-14(21-16)11-15-17-6-5-13(20)12-24(17)22-18(15)23-7-9-27-10-8-23/h3*3-7,13H,8-12H2,1-2H3;2*2-6,12H,7-11H2,1H3. The number of fused-ring (bicyclic) bond motifs is 5. The van der Waals surface area contributed by atoms with Crippen molar-refractivity contribution in [1.82, 2.24) is 73.0 Å². The predicted octanol–water partition coefficient (Wildman–Crippen LogP) is 12.0. The van der Waals surface area contributed by atoms with Crippen LogP contribution < -0.4 is 24.5 Å². The molecule has 135 heavy (non-hydrogen) atoms. The molecule has 35 nitrogen and oxygen atoms in total. The van der Waals surface area contributed by atoms with Crippen LogP contribution in [-0.2, 0) is 79.5 Å². The van der Waals surface area contributed by atoms with Gasteiger partial charge in [-0.15, -0.1) is 25.5 Å². The second-order valence-corrected chi connectivity index (χ2v) is 34.5. The van der Waals surface area contributed by atoms with E-state index in [-0.39, 0.29) is 0 Å². The number of aromatic nitrogens is 15. The highest BCUT2D eigenvalue weighted by atomic mass is 127. The lowest BCUT2D eigenvalue weighted by Gasteiger charge is -2.27. The van der Waals surface area contributed by atoms with E-state index in [9.17, 15) is 24.0 Å². The minimum Gasteiger partial charge on any atom is -0.464 e. The van der Waals surface area contributed by atoms with Crippen LogP contribution in [0.1, 0.15) is 125 Å². The lowest BCUT2D eigenvalue weighted by atomic mass is 10.1. The number of carbonyl (C=O) groups is 5. The maximum absolute atomic E-state index is 11.8. The first-order chi connectivity index (χ1) is 65.8. The molecule has 0 amide bonds. The summed E-state index contributed by atoms with van der Waals surface area (Å²) in [6, 6.07) is 47.8. The van der Waals surface area contributed by atoms with Gasteiger partial charge >= 0.3 is 29.8 Å². The zero-order chi connectivity index (χ0) is 94.0. The summed E-state index contributed by atoms with van der Waals surface area (Å²) in [5.74, 6) is 2.58. The molecule has 5 saturated heterocycles. The van der Waals surface area contributed by atoms with Gasteiger partial charge in [0.2, 0.25) is 0 Å². The third-order valence-electron chi connectivity index (χ3n) is 23.3. The highest BCUT2D eigenvalue weighted by Crippen LogP contribution is 2.35. The molecule has 20 heterocycles. The van der Waals surface area contributed by atoms with E-state index >= 15 is 0 Å². The lowest BCUT2D eigenvalue weighted by Crippen LogP contribution is -2.37. The molecule has 0 bridgehead atoms. The molecule has 0 spiro atoms. The maximum atomic E-state index is 11.8. The second-order valence-electron chi connectivity index (χ2n) is 32.4. The van der Waals surface area contributed by atoms with Crippen LogP contribution in [0.5, 0.6) is 0 Å². The molecule has 0 aromatic carbocycles. The van der Waals surface area contributed by atoms with Gasteiger partial charge in [-0.05, 0) is 179 Å². The molecule has 5 aliphatic heterocycles. The van der Waals surface area contributed by atoms with Crippen molar-refractivity contribution in [2.75, 3.05) is 192 Å². The molecule has 5 fully saturated rings. The Labute approximate surface area is 800 Å². The van der Waals surface area contributed by atoms with Gasteiger partial charge in [-0.25, -0.2) is 71.5 Å². The summed E-state index contributed by atoms with van der Waals surface area (Å²) in [7, 11) is 6.80. The van der Waals surface area contributed by atoms with Gasteiger partial charge < -0.3 is 71.9 Å². The summed E-state index contributed by atoms with van der Waals surface area (Å²) in [4.78, 5) is 92.7. The molecule has 15 aromatic heterocycles. The smallest absolute Gasteiger partial charge is 0.356 e. The van der Waals surface area contributed by atoms with Crippen LogP contribution in [0.3, 0.4) is 0 Å². The number of ether oxygens (including phenoxy) is 10. The Hall–Kier alpha value is -13.4. The minimum absolute atomic E-state index is 0.308. The molecule has 0 N–H and O–H groups in total. The number of hydrogen-bond donors (Lipinski definition) is 0. The van der Waals surface area contributed by atoms with Crippen LogP contribution in [0.2, 0.25) is 0 Å².